The van der Waals surface area contributed by atoms with Crippen LogP contribution >= 0.6 is 11.6 Å². The van der Waals surface area contributed by atoms with Crippen LogP contribution in [0, 0.1) is 11.8 Å². The molecule has 0 spiro atoms. The summed E-state index contributed by atoms with van der Waals surface area (Å²) in [6.07, 6.45) is 9.84. The topological polar surface area (TPSA) is 55.5 Å². The number of piperidine rings is 3. The first-order chi connectivity index (χ1) is 17.5. The van der Waals surface area contributed by atoms with Crippen LogP contribution in [0.4, 0.5) is 0 Å². The number of benzene rings is 2. The van der Waals surface area contributed by atoms with Crippen molar-refractivity contribution in [2.24, 2.45) is 11.8 Å². The van der Waals surface area contributed by atoms with Crippen LogP contribution in [0.25, 0.3) is 0 Å². The summed E-state index contributed by atoms with van der Waals surface area (Å²) in [5.41, 5.74) is -0.307. The summed E-state index contributed by atoms with van der Waals surface area (Å²) < 4.78 is 13.8. The van der Waals surface area contributed by atoms with Crippen molar-refractivity contribution in [1.29, 1.82) is 0 Å². The highest BCUT2D eigenvalue weighted by Gasteiger charge is 2.49. The second kappa shape index (κ2) is 9.85. The molecule has 4 fully saturated rings. The molecule has 2 aromatic carbocycles. The minimum absolute atomic E-state index is 0.119. The van der Waals surface area contributed by atoms with Crippen molar-refractivity contribution in [1.82, 2.24) is 4.98 Å². The Bertz CT molecular complexity index is 1170. The molecular weight excluding hydrogens is 472 g/mol. The quantitative estimate of drug-likeness (QED) is 0.379. The van der Waals surface area contributed by atoms with Gasteiger partial charge in [0.05, 0.1) is 19.3 Å². The van der Waals surface area contributed by atoms with Crippen LogP contribution in [0.2, 0.25) is 5.02 Å². The van der Waals surface area contributed by atoms with Gasteiger partial charge in [-0.3, -0.25) is 0 Å². The lowest BCUT2D eigenvalue weighted by molar-refractivity contribution is -0.958. The molecule has 4 heterocycles. The SMILES string of the molecule is O[C@](c1ccccc1)(c1ncc(C[N+]23CCC(CC2)[C@@H](Oc2cccc(Cl)c2)C3)o1)C1CCCCC1. The van der Waals surface area contributed by atoms with Gasteiger partial charge < -0.3 is 18.7 Å². The van der Waals surface area contributed by atoms with E-state index in [2.05, 4.69) is 0 Å². The third kappa shape index (κ3) is 4.57. The molecule has 1 aromatic heterocycles. The predicted octanol–water partition coefficient (Wildman–Crippen LogP) is 6.33. The molecule has 3 aliphatic heterocycles. The lowest BCUT2D eigenvalue weighted by Crippen LogP contribution is -2.64. The Hall–Kier alpha value is -2.34. The fourth-order valence-electron chi connectivity index (χ4n) is 6.93. The van der Waals surface area contributed by atoms with E-state index in [9.17, 15) is 5.11 Å². The molecule has 2 bridgehead atoms. The number of nitrogens with zero attached hydrogens (tertiary/aromatic N) is 2. The molecule has 1 saturated carbocycles. The Morgan fingerprint density at radius 2 is 1.78 bits per heavy atom. The lowest BCUT2D eigenvalue weighted by atomic mass is 9.73. The first-order valence-corrected chi connectivity index (χ1v) is 13.9. The summed E-state index contributed by atoms with van der Waals surface area (Å²) in [6.45, 7) is 3.99. The van der Waals surface area contributed by atoms with Gasteiger partial charge in [0, 0.05) is 29.7 Å². The summed E-state index contributed by atoms with van der Waals surface area (Å²) in [5, 5.41) is 12.9. The van der Waals surface area contributed by atoms with Gasteiger partial charge in [0.25, 0.3) is 0 Å². The molecule has 0 amide bonds. The monoisotopic (exact) mass is 507 g/mol. The zero-order valence-corrected chi connectivity index (χ0v) is 21.6. The molecule has 1 N–H and O–H groups in total. The normalized spacial score (nSPS) is 28.1. The number of hydrogen-bond acceptors (Lipinski definition) is 4. The maximum absolute atomic E-state index is 12.2. The fraction of sp³-hybridized carbons (Fsp3) is 0.500. The van der Waals surface area contributed by atoms with Crippen LogP contribution in [0.3, 0.4) is 0 Å². The van der Waals surface area contributed by atoms with Crippen molar-refractivity contribution in [3.8, 4) is 5.75 Å². The number of oxazole rings is 1. The number of fused-ring (bicyclic) bond motifs is 3. The fourth-order valence-corrected chi connectivity index (χ4v) is 7.11. The minimum Gasteiger partial charge on any atom is -0.484 e. The number of rotatable bonds is 7. The minimum atomic E-state index is -1.19. The molecule has 1 aliphatic carbocycles. The average molecular weight is 508 g/mol. The molecule has 5 nitrogen and oxygen atoms in total. The van der Waals surface area contributed by atoms with Gasteiger partial charge in [-0.2, -0.15) is 0 Å². The maximum atomic E-state index is 12.2. The standard InChI is InChI=1S/C30H36ClN2O3/c31-25-12-7-13-26(18-25)35-28-21-33(16-14-22(28)15-17-33)20-27-19-32-29(36-27)30(34,23-8-3-1-4-9-23)24-10-5-2-6-11-24/h1,3-4,7-9,12-13,18-19,22,24,28,34H,2,5-6,10-11,14-17,20-21H2/q+1/t22?,28-,30-,33?/m0/s1. The smallest absolute Gasteiger partial charge is 0.231 e. The Kier molecular flexibility index (Phi) is 6.57. The molecule has 0 unspecified atom stereocenters. The number of aliphatic hydroxyl groups is 1. The Morgan fingerprint density at radius 1 is 1.00 bits per heavy atom. The molecule has 2 atom stereocenters. The van der Waals surface area contributed by atoms with Crippen LogP contribution in [0.5, 0.6) is 5.75 Å². The molecule has 36 heavy (non-hydrogen) atoms. The molecule has 0 radical (unpaired) electrons. The van der Waals surface area contributed by atoms with Crippen molar-refractivity contribution in [3.63, 3.8) is 0 Å². The van der Waals surface area contributed by atoms with E-state index in [1.54, 1.807) is 0 Å². The number of aromatic nitrogens is 1. The number of halogens is 1. The van der Waals surface area contributed by atoms with Gasteiger partial charge in [0.2, 0.25) is 5.89 Å². The second-order valence-corrected chi connectivity index (χ2v) is 11.6. The molecule has 7 rings (SSSR count). The molecule has 4 aliphatic rings. The predicted molar refractivity (Wildman–Crippen MR) is 140 cm³/mol. The van der Waals surface area contributed by atoms with E-state index in [1.165, 1.54) is 6.42 Å². The van der Waals surface area contributed by atoms with Gasteiger partial charge in [0.15, 0.2) is 17.5 Å². The van der Waals surface area contributed by atoms with E-state index in [1.807, 2.05) is 60.8 Å². The number of ether oxygens (including phenoxy) is 1. The first-order valence-electron chi connectivity index (χ1n) is 13.5. The van der Waals surface area contributed by atoms with Crippen molar-refractivity contribution in [3.05, 3.63) is 83.0 Å². The molecule has 190 valence electrons. The van der Waals surface area contributed by atoms with Crippen LogP contribution in [-0.2, 0) is 12.1 Å². The molecule has 3 saturated heterocycles. The second-order valence-electron chi connectivity index (χ2n) is 11.2. The highest BCUT2D eigenvalue weighted by atomic mass is 35.5. The summed E-state index contributed by atoms with van der Waals surface area (Å²) in [6, 6.07) is 17.7. The van der Waals surface area contributed by atoms with Crippen molar-refractivity contribution < 1.29 is 18.7 Å². The Morgan fingerprint density at radius 3 is 2.53 bits per heavy atom. The Balaban J connectivity index is 1.23. The zero-order valence-electron chi connectivity index (χ0n) is 20.8. The Labute approximate surface area is 218 Å². The van der Waals surface area contributed by atoms with Crippen LogP contribution in [-0.4, -0.2) is 40.3 Å². The van der Waals surface area contributed by atoms with Crippen molar-refractivity contribution in [2.75, 3.05) is 19.6 Å². The van der Waals surface area contributed by atoms with Crippen molar-refractivity contribution in [2.45, 2.75) is 63.2 Å². The highest BCUT2D eigenvalue weighted by molar-refractivity contribution is 6.30. The average Bonchev–Trinajstić information content (AvgIpc) is 3.38. The summed E-state index contributed by atoms with van der Waals surface area (Å²) in [5.74, 6) is 2.86. The van der Waals surface area contributed by atoms with E-state index in [-0.39, 0.29) is 12.0 Å². The molecule has 6 heteroatoms. The lowest BCUT2D eigenvalue weighted by Gasteiger charge is -2.51. The van der Waals surface area contributed by atoms with Gasteiger partial charge in [-0.15, -0.1) is 0 Å². The number of hydrogen-bond donors (Lipinski definition) is 1. The summed E-state index contributed by atoms with van der Waals surface area (Å²) >= 11 is 6.19. The third-order valence-corrected chi connectivity index (χ3v) is 9.14. The van der Waals surface area contributed by atoms with E-state index < -0.39 is 5.60 Å². The largest absolute Gasteiger partial charge is 0.484 e. The first kappa shape index (κ1) is 24.0. The summed E-state index contributed by atoms with van der Waals surface area (Å²) in [7, 11) is 0. The molecule has 3 aromatic rings. The van der Waals surface area contributed by atoms with Crippen molar-refractivity contribution >= 4 is 11.6 Å². The zero-order chi connectivity index (χ0) is 24.6. The van der Waals surface area contributed by atoms with Crippen LogP contribution in [0.15, 0.2) is 65.2 Å². The highest BCUT2D eigenvalue weighted by Crippen LogP contribution is 2.44. The van der Waals surface area contributed by atoms with Gasteiger partial charge in [0.1, 0.15) is 18.8 Å². The third-order valence-electron chi connectivity index (χ3n) is 8.91. The van der Waals surface area contributed by atoms with Gasteiger partial charge >= 0.3 is 0 Å². The van der Waals surface area contributed by atoms with Gasteiger partial charge in [-0.1, -0.05) is 67.3 Å². The van der Waals surface area contributed by atoms with Crippen LogP contribution < -0.4 is 4.74 Å². The van der Waals surface area contributed by atoms with E-state index in [4.69, 9.17) is 25.7 Å². The molecular formula is C30H36ClN2O3+. The van der Waals surface area contributed by atoms with E-state index in [0.29, 0.717) is 16.8 Å². The summed E-state index contributed by atoms with van der Waals surface area (Å²) in [4.78, 5) is 4.71. The van der Waals surface area contributed by atoms with Gasteiger partial charge in [-0.05, 0) is 36.6 Å². The van der Waals surface area contributed by atoms with Crippen LogP contribution in [0.1, 0.15) is 62.2 Å². The maximum Gasteiger partial charge on any atom is 0.231 e. The van der Waals surface area contributed by atoms with E-state index in [0.717, 1.165) is 86.3 Å². The van der Waals surface area contributed by atoms with Gasteiger partial charge in [-0.25, -0.2) is 4.98 Å². The van der Waals surface area contributed by atoms with E-state index >= 15 is 0 Å². The number of quaternary nitrogens is 1.